The van der Waals surface area contributed by atoms with E-state index in [2.05, 4.69) is 20.7 Å². The topological polar surface area (TPSA) is 143 Å². The Morgan fingerprint density at radius 1 is 1.50 bits per heavy atom. The summed E-state index contributed by atoms with van der Waals surface area (Å²) in [6, 6.07) is 1.92. The van der Waals surface area contributed by atoms with Gasteiger partial charge in [0.1, 0.15) is 12.6 Å². The minimum Gasteiger partial charge on any atom is -0.480 e. The van der Waals surface area contributed by atoms with Gasteiger partial charge in [0, 0.05) is 0 Å². The van der Waals surface area contributed by atoms with Crippen LogP contribution in [0.4, 0.5) is 0 Å². The van der Waals surface area contributed by atoms with Crippen molar-refractivity contribution in [2.24, 2.45) is 0 Å². The number of tetrazole rings is 1. The minimum absolute atomic E-state index is 0.208. The molecule has 2 aromatic heterocycles. The van der Waals surface area contributed by atoms with Crippen molar-refractivity contribution < 1.29 is 24.2 Å². The van der Waals surface area contributed by atoms with Crippen molar-refractivity contribution in [1.82, 2.24) is 25.5 Å². The third-order valence-electron chi connectivity index (χ3n) is 2.30. The molecular weight excluding hydrogens is 270 g/mol. The number of amides is 1. The summed E-state index contributed by atoms with van der Waals surface area (Å²) < 4.78 is 5.06. The number of hydrogen-bond acceptors (Lipinski definition) is 7. The second-order valence-corrected chi connectivity index (χ2v) is 3.76. The van der Waals surface area contributed by atoms with Gasteiger partial charge in [0.25, 0.3) is 0 Å². The molecule has 0 unspecified atom stereocenters. The summed E-state index contributed by atoms with van der Waals surface area (Å²) >= 11 is 0. The average Bonchev–Trinajstić information content (AvgIpc) is 3.05. The second kappa shape index (κ2) is 5.93. The lowest BCUT2D eigenvalue weighted by Crippen LogP contribution is -2.44. The summed E-state index contributed by atoms with van der Waals surface area (Å²) in [4.78, 5) is 23.2. The van der Waals surface area contributed by atoms with Crippen molar-refractivity contribution in [3.8, 4) is 11.6 Å². The molecule has 10 heteroatoms. The Balaban J connectivity index is 1.97. The Morgan fingerprint density at radius 3 is 2.90 bits per heavy atom. The van der Waals surface area contributed by atoms with E-state index < -0.39 is 24.5 Å². The first-order chi connectivity index (χ1) is 9.60. The van der Waals surface area contributed by atoms with Crippen LogP contribution >= 0.6 is 0 Å². The number of carboxylic acids is 1. The maximum Gasteiger partial charge on any atom is 0.328 e. The van der Waals surface area contributed by atoms with Crippen molar-refractivity contribution in [3.05, 3.63) is 18.4 Å². The van der Waals surface area contributed by atoms with Gasteiger partial charge in [-0.1, -0.05) is 0 Å². The number of furan rings is 1. The molecule has 20 heavy (non-hydrogen) atoms. The number of aliphatic hydroxyl groups excluding tert-OH is 1. The van der Waals surface area contributed by atoms with Crippen molar-refractivity contribution >= 4 is 11.9 Å². The maximum absolute atomic E-state index is 11.5. The number of aliphatic hydroxyl groups is 1. The lowest BCUT2D eigenvalue weighted by Gasteiger charge is -2.10. The molecular formula is C10H11N5O5. The number of aliphatic carboxylic acids is 1. The molecule has 2 heterocycles. The molecule has 1 atom stereocenters. The first kappa shape index (κ1) is 13.7. The first-order valence-corrected chi connectivity index (χ1v) is 5.55. The van der Waals surface area contributed by atoms with Crippen LogP contribution in [0, 0.1) is 0 Å². The van der Waals surface area contributed by atoms with E-state index in [1.165, 1.54) is 6.26 Å². The van der Waals surface area contributed by atoms with E-state index in [1.807, 2.05) is 0 Å². The minimum atomic E-state index is -1.37. The standard InChI is InChI=1S/C10H11N5O5/c16-5-6(10(18)19)11-8(17)4-15-13-9(12-14-15)7-2-1-3-20-7/h1-3,6,16H,4-5H2,(H,11,17)(H,18,19)/t6-/m0/s1. The normalized spacial score (nSPS) is 12.1. The number of carboxylic acid groups (broad SMARTS) is 1. The Bertz CT molecular complexity index is 593. The number of nitrogens with zero attached hydrogens (tertiary/aromatic N) is 4. The summed E-state index contributed by atoms with van der Waals surface area (Å²) in [5.74, 6) is -1.38. The fourth-order valence-electron chi connectivity index (χ4n) is 1.37. The highest BCUT2D eigenvalue weighted by Crippen LogP contribution is 2.12. The van der Waals surface area contributed by atoms with E-state index in [0.29, 0.717) is 5.76 Å². The number of nitrogens with one attached hydrogen (secondary N) is 1. The lowest BCUT2D eigenvalue weighted by molar-refractivity contribution is -0.143. The molecule has 0 aromatic carbocycles. The molecule has 0 aliphatic carbocycles. The van der Waals surface area contributed by atoms with Crippen LogP contribution < -0.4 is 5.32 Å². The lowest BCUT2D eigenvalue weighted by atomic mass is 10.3. The highest BCUT2D eigenvalue weighted by Gasteiger charge is 2.19. The third kappa shape index (κ3) is 3.17. The van der Waals surface area contributed by atoms with Crippen LogP contribution in [0.15, 0.2) is 22.8 Å². The SMILES string of the molecule is O=C(Cn1nnc(-c2ccco2)n1)N[C@@H](CO)C(=O)O. The van der Waals surface area contributed by atoms with Gasteiger partial charge in [-0.3, -0.25) is 4.79 Å². The van der Waals surface area contributed by atoms with E-state index in [1.54, 1.807) is 12.1 Å². The van der Waals surface area contributed by atoms with Crippen LogP contribution in [0.5, 0.6) is 0 Å². The molecule has 1 amide bonds. The van der Waals surface area contributed by atoms with Crippen molar-refractivity contribution in [3.63, 3.8) is 0 Å². The quantitative estimate of drug-likeness (QED) is 0.580. The zero-order valence-electron chi connectivity index (χ0n) is 10.1. The van der Waals surface area contributed by atoms with E-state index in [-0.39, 0.29) is 12.4 Å². The van der Waals surface area contributed by atoms with Crippen LogP contribution in [-0.4, -0.2) is 54.9 Å². The molecule has 10 nitrogen and oxygen atoms in total. The second-order valence-electron chi connectivity index (χ2n) is 3.76. The monoisotopic (exact) mass is 281 g/mol. The fourth-order valence-corrected chi connectivity index (χ4v) is 1.37. The van der Waals surface area contributed by atoms with E-state index in [4.69, 9.17) is 14.6 Å². The summed E-state index contributed by atoms with van der Waals surface area (Å²) in [5, 5.41) is 30.8. The smallest absolute Gasteiger partial charge is 0.328 e. The Labute approximate surface area is 112 Å². The zero-order chi connectivity index (χ0) is 14.5. The van der Waals surface area contributed by atoms with Crippen molar-refractivity contribution in [1.29, 1.82) is 0 Å². The first-order valence-electron chi connectivity index (χ1n) is 5.55. The highest BCUT2D eigenvalue weighted by molar-refractivity contribution is 5.83. The number of carbonyl (C=O) groups excluding carboxylic acids is 1. The van der Waals surface area contributed by atoms with E-state index in [9.17, 15) is 9.59 Å². The van der Waals surface area contributed by atoms with Gasteiger partial charge in [-0.15, -0.1) is 10.2 Å². The molecule has 0 spiro atoms. The summed E-state index contributed by atoms with van der Waals surface area (Å²) in [5.41, 5.74) is 0. The van der Waals surface area contributed by atoms with Crippen LogP contribution in [0.1, 0.15) is 0 Å². The molecule has 0 bridgehead atoms. The summed E-state index contributed by atoms with van der Waals surface area (Å²) in [6.07, 6.45) is 1.45. The van der Waals surface area contributed by atoms with Crippen LogP contribution in [0.3, 0.4) is 0 Å². The Hall–Kier alpha value is -2.75. The van der Waals surface area contributed by atoms with Gasteiger partial charge in [-0.25, -0.2) is 4.79 Å². The largest absolute Gasteiger partial charge is 0.480 e. The molecule has 0 radical (unpaired) electrons. The highest BCUT2D eigenvalue weighted by atomic mass is 16.4. The number of aromatic nitrogens is 4. The van der Waals surface area contributed by atoms with Crippen molar-refractivity contribution in [2.75, 3.05) is 6.61 Å². The molecule has 0 aliphatic rings. The predicted molar refractivity (Wildman–Crippen MR) is 62.2 cm³/mol. The van der Waals surface area contributed by atoms with Gasteiger partial charge in [0.05, 0.1) is 12.9 Å². The summed E-state index contributed by atoms with van der Waals surface area (Å²) in [7, 11) is 0. The van der Waals surface area contributed by atoms with Gasteiger partial charge in [0.2, 0.25) is 11.7 Å². The molecule has 0 fully saturated rings. The van der Waals surface area contributed by atoms with Gasteiger partial charge in [-0.2, -0.15) is 4.80 Å². The molecule has 0 aliphatic heterocycles. The number of hydrogen-bond donors (Lipinski definition) is 3. The number of rotatable bonds is 6. The molecule has 3 N–H and O–H groups in total. The molecule has 0 saturated carbocycles. The van der Waals surface area contributed by atoms with Gasteiger partial charge in [0.15, 0.2) is 5.76 Å². The van der Waals surface area contributed by atoms with Gasteiger partial charge >= 0.3 is 5.97 Å². The van der Waals surface area contributed by atoms with E-state index in [0.717, 1.165) is 4.80 Å². The van der Waals surface area contributed by atoms with Crippen LogP contribution in [-0.2, 0) is 16.1 Å². The zero-order valence-corrected chi connectivity index (χ0v) is 10.1. The van der Waals surface area contributed by atoms with Gasteiger partial charge < -0.3 is 19.9 Å². The molecule has 106 valence electrons. The third-order valence-corrected chi connectivity index (χ3v) is 2.30. The maximum atomic E-state index is 11.5. The number of carbonyl (C=O) groups is 2. The molecule has 2 rings (SSSR count). The Morgan fingerprint density at radius 2 is 2.30 bits per heavy atom. The van der Waals surface area contributed by atoms with Crippen molar-refractivity contribution in [2.45, 2.75) is 12.6 Å². The Kier molecular flexibility index (Phi) is 4.05. The van der Waals surface area contributed by atoms with E-state index >= 15 is 0 Å². The predicted octanol–water partition coefficient (Wildman–Crippen LogP) is -1.51. The average molecular weight is 281 g/mol. The molecule has 2 aromatic rings. The fraction of sp³-hybridized carbons (Fsp3) is 0.300. The van der Waals surface area contributed by atoms with Gasteiger partial charge in [-0.05, 0) is 17.3 Å². The molecule has 0 saturated heterocycles. The van der Waals surface area contributed by atoms with Crippen LogP contribution in [0.25, 0.3) is 11.6 Å². The summed E-state index contributed by atoms with van der Waals surface area (Å²) in [6.45, 7) is -1.03. The van der Waals surface area contributed by atoms with Crippen LogP contribution in [0.2, 0.25) is 0 Å².